The second kappa shape index (κ2) is 13.6. The Morgan fingerprint density at radius 2 is 1.34 bits per heavy atom. The first kappa shape index (κ1) is 34.4. The lowest BCUT2D eigenvalue weighted by Crippen LogP contribution is -2.49. The molecule has 0 bridgehead atoms. The maximum atomic E-state index is 13.0. The summed E-state index contributed by atoms with van der Waals surface area (Å²) in [7, 11) is 0.984. The van der Waals surface area contributed by atoms with Gasteiger partial charge in [0.1, 0.15) is 29.4 Å². The van der Waals surface area contributed by atoms with E-state index >= 15 is 0 Å². The van der Waals surface area contributed by atoms with Gasteiger partial charge in [0.05, 0.1) is 26.9 Å². The molecule has 1 aliphatic heterocycles. The summed E-state index contributed by atoms with van der Waals surface area (Å²) in [5, 5.41) is -0.0645. The fourth-order valence-electron chi connectivity index (χ4n) is 5.94. The van der Waals surface area contributed by atoms with Gasteiger partial charge >= 0.3 is 5.69 Å². The summed E-state index contributed by atoms with van der Waals surface area (Å²) in [6.45, 7) is 13.2. The zero-order chi connectivity index (χ0) is 34.0. The molecule has 1 aliphatic rings. The van der Waals surface area contributed by atoms with Crippen molar-refractivity contribution in [1.82, 2.24) is 9.55 Å². The molecule has 9 nitrogen and oxygen atoms in total. The number of nitrogens with one attached hydrogen (secondary N) is 1. The number of methoxy groups -OCH3 is 2. The topological polar surface area (TPSA) is 101 Å². The molecule has 0 aliphatic carbocycles. The van der Waals surface area contributed by atoms with Crippen LogP contribution >= 0.6 is 0 Å². The van der Waals surface area contributed by atoms with E-state index in [4.69, 9.17) is 23.4 Å². The first-order valence-electron chi connectivity index (χ1n) is 15.9. The molecule has 0 amide bonds. The van der Waals surface area contributed by atoms with Crippen LogP contribution in [0.5, 0.6) is 11.5 Å². The SMILES string of the molecule is COc1ccc(C(OCC2OC(n3ccc(=O)[nH]c3=O)C(C)C2O[Si](C)(C)C(C)(C)C)(c2ccccc2)c2ccc(OC)cc2)cc1. The van der Waals surface area contributed by atoms with Gasteiger partial charge in [0.25, 0.3) is 5.56 Å². The molecule has 4 atom stereocenters. The highest BCUT2D eigenvalue weighted by Gasteiger charge is 2.50. The molecule has 10 heteroatoms. The number of aromatic amines is 1. The molecule has 1 fully saturated rings. The quantitative estimate of drug-likeness (QED) is 0.145. The summed E-state index contributed by atoms with van der Waals surface area (Å²) < 4.78 is 33.4. The van der Waals surface area contributed by atoms with Crippen LogP contribution in [-0.4, -0.2) is 50.9 Å². The molecular formula is C37H46N2O7Si. The molecule has 0 spiro atoms. The van der Waals surface area contributed by atoms with Crippen LogP contribution in [0, 0.1) is 5.92 Å². The van der Waals surface area contributed by atoms with Crippen molar-refractivity contribution in [2.45, 2.75) is 69.9 Å². The minimum absolute atomic E-state index is 0.0645. The van der Waals surface area contributed by atoms with Crippen molar-refractivity contribution in [1.29, 1.82) is 0 Å². The molecule has 1 N–H and O–H groups in total. The zero-order valence-electron chi connectivity index (χ0n) is 28.5. The van der Waals surface area contributed by atoms with Crippen LogP contribution in [0.1, 0.15) is 50.6 Å². The highest BCUT2D eigenvalue weighted by Crippen LogP contribution is 2.46. The van der Waals surface area contributed by atoms with E-state index in [0.29, 0.717) is 0 Å². The Bertz CT molecular complexity index is 1700. The molecule has 1 saturated heterocycles. The van der Waals surface area contributed by atoms with E-state index in [1.165, 1.54) is 16.8 Å². The molecule has 250 valence electrons. The number of ether oxygens (including phenoxy) is 4. The lowest BCUT2D eigenvalue weighted by Gasteiger charge is -2.41. The van der Waals surface area contributed by atoms with Crippen LogP contribution in [0.2, 0.25) is 18.1 Å². The predicted octanol–water partition coefficient (Wildman–Crippen LogP) is 6.49. The van der Waals surface area contributed by atoms with E-state index in [2.05, 4.69) is 51.0 Å². The summed E-state index contributed by atoms with van der Waals surface area (Å²) in [5.41, 5.74) is 0.680. The maximum absolute atomic E-state index is 13.0. The molecular weight excluding hydrogens is 613 g/mol. The van der Waals surface area contributed by atoms with Crippen LogP contribution in [0.15, 0.2) is 101 Å². The van der Waals surface area contributed by atoms with E-state index in [9.17, 15) is 9.59 Å². The van der Waals surface area contributed by atoms with Crippen molar-refractivity contribution in [2.75, 3.05) is 20.8 Å². The second-order valence-corrected chi connectivity index (χ2v) is 18.4. The van der Waals surface area contributed by atoms with Gasteiger partial charge in [0, 0.05) is 18.2 Å². The molecule has 0 radical (unpaired) electrons. The van der Waals surface area contributed by atoms with Gasteiger partial charge in [-0.1, -0.05) is 82.3 Å². The summed E-state index contributed by atoms with van der Waals surface area (Å²) in [5.74, 6) is 1.24. The summed E-state index contributed by atoms with van der Waals surface area (Å²) in [4.78, 5) is 27.2. The van der Waals surface area contributed by atoms with Crippen LogP contribution in [0.25, 0.3) is 0 Å². The molecule has 4 unspecified atom stereocenters. The maximum Gasteiger partial charge on any atom is 0.330 e. The zero-order valence-corrected chi connectivity index (χ0v) is 29.5. The molecule has 47 heavy (non-hydrogen) atoms. The number of aromatic nitrogens is 2. The number of hydrogen-bond acceptors (Lipinski definition) is 7. The Morgan fingerprint density at radius 3 is 1.83 bits per heavy atom. The monoisotopic (exact) mass is 658 g/mol. The number of nitrogens with zero attached hydrogens (tertiary/aromatic N) is 1. The summed E-state index contributed by atoms with van der Waals surface area (Å²) >= 11 is 0. The summed E-state index contributed by atoms with van der Waals surface area (Å²) in [6.07, 6.45) is -0.115. The molecule has 2 heterocycles. The van der Waals surface area contributed by atoms with Crippen molar-refractivity contribution in [3.8, 4) is 11.5 Å². The first-order valence-corrected chi connectivity index (χ1v) is 18.8. The molecule has 4 aromatic rings. The minimum atomic E-state index is -2.30. The van der Waals surface area contributed by atoms with Crippen LogP contribution in [-0.2, 0) is 19.5 Å². The van der Waals surface area contributed by atoms with Crippen molar-refractivity contribution >= 4 is 8.32 Å². The van der Waals surface area contributed by atoms with Crippen molar-refractivity contribution in [3.63, 3.8) is 0 Å². The van der Waals surface area contributed by atoms with Gasteiger partial charge in [-0.3, -0.25) is 14.3 Å². The molecule has 3 aromatic carbocycles. The van der Waals surface area contributed by atoms with Gasteiger partial charge < -0.3 is 23.4 Å². The van der Waals surface area contributed by atoms with Gasteiger partial charge in [-0.15, -0.1) is 0 Å². The lowest BCUT2D eigenvalue weighted by molar-refractivity contribution is -0.0933. The minimum Gasteiger partial charge on any atom is -0.497 e. The highest BCUT2D eigenvalue weighted by molar-refractivity contribution is 6.74. The molecule has 0 saturated carbocycles. The van der Waals surface area contributed by atoms with Crippen LogP contribution < -0.4 is 20.7 Å². The van der Waals surface area contributed by atoms with E-state index in [-0.39, 0.29) is 23.7 Å². The van der Waals surface area contributed by atoms with Crippen LogP contribution in [0.4, 0.5) is 0 Å². The van der Waals surface area contributed by atoms with Crippen LogP contribution in [0.3, 0.4) is 0 Å². The number of rotatable bonds is 11. The number of hydrogen-bond donors (Lipinski definition) is 1. The van der Waals surface area contributed by atoms with Gasteiger partial charge in [-0.2, -0.15) is 0 Å². The Hall–Kier alpha value is -3.96. The summed E-state index contributed by atoms with van der Waals surface area (Å²) in [6, 6.07) is 27.2. The predicted molar refractivity (Wildman–Crippen MR) is 185 cm³/mol. The Morgan fingerprint density at radius 1 is 0.809 bits per heavy atom. The number of H-pyrrole nitrogens is 1. The van der Waals surface area contributed by atoms with Gasteiger partial charge in [0.2, 0.25) is 0 Å². The van der Waals surface area contributed by atoms with E-state index in [1.807, 2.05) is 73.7 Å². The third-order valence-electron chi connectivity index (χ3n) is 9.65. The third-order valence-corrected chi connectivity index (χ3v) is 14.1. The van der Waals surface area contributed by atoms with E-state index < -0.39 is 37.5 Å². The van der Waals surface area contributed by atoms with Crippen molar-refractivity contribution in [2.24, 2.45) is 5.92 Å². The third kappa shape index (κ3) is 6.87. The van der Waals surface area contributed by atoms with Crippen molar-refractivity contribution in [3.05, 3.63) is 129 Å². The largest absolute Gasteiger partial charge is 0.497 e. The van der Waals surface area contributed by atoms with Gasteiger partial charge in [0.15, 0.2) is 8.32 Å². The average molecular weight is 659 g/mol. The standard InChI is InChI=1S/C37H46N2O7Si/c1-25-33(46-47(7,8)36(2,3)4)31(45-34(25)39-23-22-32(40)38-35(39)41)24-44-37(26-12-10-9-11-13-26,27-14-18-29(42-5)19-15-27)28-16-20-30(43-6)21-17-28/h9-23,25,31,33-34H,24H2,1-8H3,(H,38,40,41). The normalized spacial score (nSPS) is 20.3. The Balaban J connectivity index is 1.62. The molecule has 5 rings (SSSR count). The first-order chi connectivity index (χ1) is 22.3. The van der Waals surface area contributed by atoms with E-state index in [1.54, 1.807) is 14.2 Å². The lowest BCUT2D eigenvalue weighted by atomic mass is 9.80. The smallest absolute Gasteiger partial charge is 0.330 e. The van der Waals surface area contributed by atoms with Gasteiger partial charge in [-0.25, -0.2) is 4.79 Å². The second-order valence-electron chi connectivity index (χ2n) is 13.6. The molecule has 1 aromatic heterocycles. The fraction of sp³-hybridized carbons (Fsp3) is 0.405. The Kier molecular flexibility index (Phi) is 9.98. The number of benzene rings is 3. The van der Waals surface area contributed by atoms with Crippen molar-refractivity contribution < 1.29 is 23.4 Å². The Labute approximate surface area is 277 Å². The fourth-order valence-corrected chi connectivity index (χ4v) is 7.34. The average Bonchev–Trinajstić information content (AvgIpc) is 3.35. The van der Waals surface area contributed by atoms with Gasteiger partial charge in [-0.05, 0) is 59.1 Å². The highest BCUT2D eigenvalue weighted by atomic mass is 28.4. The van der Waals surface area contributed by atoms with E-state index in [0.717, 1.165) is 28.2 Å².